The van der Waals surface area contributed by atoms with Crippen LogP contribution in [0, 0.1) is 6.92 Å². The number of amides is 1. The number of aryl methyl sites for hydroxylation is 2. The normalized spacial score (nSPS) is 11.7. The topological polar surface area (TPSA) is 86.1 Å². The highest BCUT2D eigenvalue weighted by Crippen LogP contribution is 2.09. The smallest absolute Gasteiger partial charge is 0.361 e. The Morgan fingerprint density at radius 3 is 2.38 bits per heavy atom. The maximum Gasteiger partial charge on any atom is 0.361 e. The molecule has 1 aromatic heterocycles. The van der Waals surface area contributed by atoms with Crippen LogP contribution in [0.1, 0.15) is 35.1 Å². The molecule has 3 aromatic rings. The molecular weight excluding hydrogens is 368 g/mol. The van der Waals surface area contributed by atoms with Gasteiger partial charge in [-0.25, -0.2) is 4.79 Å². The molecule has 1 heterocycles. The summed E-state index contributed by atoms with van der Waals surface area (Å²) in [6.45, 7) is 3.25. The number of para-hydroxylation sites is 1. The van der Waals surface area contributed by atoms with Gasteiger partial charge in [-0.1, -0.05) is 48.5 Å². The van der Waals surface area contributed by atoms with Crippen molar-refractivity contribution in [3.05, 3.63) is 77.6 Å². The van der Waals surface area contributed by atoms with Crippen molar-refractivity contribution in [1.82, 2.24) is 20.3 Å². The van der Waals surface area contributed by atoms with Gasteiger partial charge >= 0.3 is 5.97 Å². The van der Waals surface area contributed by atoms with Crippen LogP contribution in [0.25, 0.3) is 5.69 Å². The Bertz CT molecular complexity index is 955. The SMILES string of the molecule is Cc1nn(-c2ccccc2)nc1C(=O)OCC(=O)N[C@@H](C)CCc1ccccc1. The Morgan fingerprint density at radius 1 is 1.03 bits per heavy atom. The average molecular weight is 392 g/mol. The number of carbonyl (C=O) groups excluding carboxylic acids is 2. The van der Waals surface area contributed by atoms with Crippen molar-refractivity contribution in [1.29, 1.82) is 0 Å². The average Bonchev–Trinajstić information content (AvgIpc) is 3.14. The zero-order chi connectivity index (χ0) is 20.6. The highest BCUT2D eigenvalue weighted by molar-refractivity contribution is 5.90. The van der Waals surface area contributed by atoms with E-state index in [1.54, 1.807) is 6.92 Å². The lowest BCUT2D eigenvalue weighted by Gasteiger charge is -2.13. The quantitative estimate of drug-likeness (QED) is 0.596. The van der Waals surface area contributed by atoms with Crippen LogP contribution in [0.4, 0.5) is 0 Å². The van der Waals surface area contributed by atoms with E-state index in [-0.39, 0.29) is 24.2 Å². The Morgan fingerprint density at radius 2 is 1.69 bits per heavy atom. The molecule has 29 heavy (non-hydrogen) atoms. The van der Waals surface area contributed by atoms with Crippen molar-refractivity contribution >= 4 is 11.9 Å². The lowest BCUT2D eigenvalue weighted by Crippen LogP contribution is -2.36. The highest BCUT2D eigenvalue weighted by atomic mass is 16.5. The summed E-state index contributed by atoms with van der Waals surface area (Å²) in [5.74, 6) is -1.01. The molecule has 0 aliphatic rings. The summed E-state index contributed by atoms with van der Waals surface area (Å²) < 4.78 is 5.12. The molecule has 150 valence electrons. The fourth-order valence-corrected chi connectivity index (χ4v) is 2.86. The molecule has 0 radical (unpaired) electrons. The van der Waals surface area contributed by atoms with Crippen LogP contribution in [0.5, 0.6) is 0 Å². The van der Waals surface area contributed by atoms with E-state index in [1.807, 2.05) is 55.5 Å². The summed E-state index contributed by atoms with van der Waals surface area (Å²) in [6.07, 6.45) is 1.66. The molecule has 0 unspecified atom stereocenters. The summed E-state index contributed by atoms with van der Waals surface area (Å²) in [5.41, 5.74) is 2.49. The predicted molar refractivity (Wildman–Crippen MR) is 109 cm³/mol. The molecule has 1 amide bonds. The monoisotopic (exact) mass is 392 g/mol. The molecular formula is C22H24N4O3. The molecule has 1 atom stereocenters. The van der Waals surface area contributed by atoms with E-state index in [0.29, 0.717) is 5.69 Å². The van der Waals surface area contributed by atoms with Crippen LogP contribution in [0.15, 0.2) is 60.7 Å². The zero-order valence-corrected chi connectivity index (χ0v) is 16.5. The molecule has 1 N–H and O–H groups in total. The lowest BCUT2D eigenvalue weighted by molar-refractivity contribution is -0.124. The first-order chi connectivity index (χ1) is 14.0. The van der Waals surface area contributed by atoms with E-state index in [4.69, 9.17) is 4.74 Å². The minimum atomic E-state index is -0.670. The van der Waals surface area contributed by atoms with Crippen molar-refractivity contribution in [3.8, 4) is 5.69 Å². The van der Waals surface area contributed by atoms with Gasteiger partial charge in [0.05, 0.1) is 11.4 Å². The van der Waals surface area contributed by atoms with Gasteiger partial charge in [-0.2, -0.15) is 9.90 Å². The number of nitrogens with zero attached hydrogens (tertiary/aromatic N) is 3. The van der Waals surface area contributed by atoms with Gasteiger partial charge in [0.2, 0.25) is 0 Å². The first-order valence-corrected chi connectivity index (χ1v) is 9.52. The third-order valence-corrected chi connectivity index (χ3v) is 4.41. The van der Waals surface area contributed by atoms with Crippen LogP contribution in [-0.4, -0.2) is 39.5 Å². The van der Waals surface area contributed by atoms with Crippen molar-refractivity contribution < 1.29 is 14.3 Å². The molecule has 0 aliphatic heterocycles. The van der Waals surface area contributed by atoms with Crippen molar-refractivity contribution in [2.45, 2.75) is 32.7 Å². The number of esters is 1. The number of rotatable bonds is 8. The van der Waals surface area contributed by atoms with Crippen molar-refractivity contribution in [3.63, 3.8) is 0 Å². The van der Waals surface area contributed by atoms with Crippen molar-refractivity contribution in [2.24, 2.45) is 0 Å². The largest absolute Gasteiger partial charge is 0.451 e. The molecule has 0 bridgehead atoms. The molecule has 7 heteroatoms. The summed E-state index contributed by atoms with van der Waals surface area (Å²) in [4.78, 5) is 25.7. The molecule has 0 saturated heterocycles. The van der Waals surface area contributed by atoms with Gasteiger partial charge < -0.3 is 10.1 Å². The van der Waals surface area contributed by atoms with Gasteiger partial charge in [0.25, 0.3) is 5.91 Å². The number of ether oxygens (including phenoxy) is 1. The maximum atomic E-state index is 12.3. The van der Waals surface area contributed by atoms with Crippen molar-refractivity contribution in [2.75, 3.05) is 6.61 Å². The van der Waals surface area contributed by atoms with Crippen LogP contribution in [0.3, 0.4) is 0 Å². The maximum absolute atomic E-state index is 12.3. The molecule has 3 rings (SSSR count). The minimum absolute atomic E-state index is 0.0258. The highest BCUT2D eigenvalue weighted by Gasteiger charge is 2.19. The van der Waals surface area contributed by atoms with Crippen LogP contribution < -0.4 is 5.32 Å². The van der Waals surface area contributed by atoms with Gasteiger partial charge in [-0.05, 0) is 44.4 Å². The van der Waals surface area contributed by atoms with E-state index >= 15 is 0 Å². The summed E-state index contributed by atoms with van der Waals surface area (Å²) in [5, 5.41) is 11.3. The summed E-state index contributed by atoms with van der Waals surface area (Å²) in [6, 6.07) is 19.3. The Balaban J connectivity index is 1.47. The van der Waals surface area contributed by atoms with Gasteiger partial charge in [0, 0.05) is 6.04 Å². The second-order valence-corrected chi connectivity index (χ2v) is 6.83. The van der Waals surface area contributed by atoms with E-state index in [9.17, 15) is 9.59 Å². The van der Waals surface area contributed by atoms with Crippen LogP contribution in [0.2, 0.25) is 0 Å². The minimum Gasteiger partial charge on any atom is -0.451 e. The molecule has 0 fully saturated rings. The first kappa shape index (κ1) is 20.3. The van der Waals surface area contributed by atoms with E-state index in [1.165, 1.54) is 10.4 Å². The second-order valence-electron chi connectivity index (χ2n) is 6.83. The molecule has 0 saturated carbocycles. The third kappa shape index (κ3) is 5.75. The molecule has 0 aliphatic carbocycles. The number of nitrogens with one attached hydrogen (secondary N) is 1. The fourth-order valence-electron chi connectivity index (χ4n) is 2.86. The number of hydrogen-bond donors (Lipinski definition) is 1. The third-order valence-electron chi connectivity index (χ3n) is 4.41. The number of aromatic nitrogens is 3. The zero-order valence-electron chi connectivity index (χ0n) is 16.5. The Kier molecular flexibility index (Phi) is 6.73. The van der Waals surface area contributed by atoms with E-state index in [2.05, 4.69) is 27.6 Å². The van der Waals surface area contributed by atoms with E-state index < -0.39 is 5.97 Å². The fraction of sp³-hybridized carbons (Fsp3) is 0.273. The van der Waals surface area contributed by atoms with Gasteiger partial charge in [0.1, 0.15) is 0 Å². The molecule has 7 nitrogen and oxygen atoms in total. The van der Waals surface area contributed by atoms with Gasteiger partial charge in [-0.3, -0.25) is 4.79 Å². The van der Waals surface area contributed by atoms with Crippen LogP contribution >= 0.6 is 0 Å². The van der Waals surface area contributed by atoms with Gasteiger partial charge in [0.15, 0.2) is 12.3 Å². The number of benzene rings is 2. The standard InChI is InChI=1S/C22H24N4O3/c1-16(13-14-18-9-5-3-6-10-18)23-20(27)15-29-22(28)21-17(2)24-26(25-21)19-11-7-4-8-12-19/h3-12,16H,13-15H2,1-2H3,(H,23,27)/t16-/m0/s1. The molecule has 2 aromatic carbocycles. The lowest BCUT2D eigenvalue weighted by atomic mass is 10.1. The van der Waals surface area contributed by atoms with Crippen LogP contribution in [-0.2, 0) is 16.0 Å². The second kappa shape index (κ2) is 9.64. The number of hydrogen-bond acceptors (Lipinski definition) is 5. The molecule has 0 spiro atoms. The Hall–Kier alpha value is -3.48. The summed E-state index contributed by atoms with van der Waals surface area (Å²) >= 11 is 0. The van der Waals surface area contributed by atoms with E-state index in [0.717, 1.165) is 18.5 Å². The Labute approximate surface area is 169 Å². The first-order valence-electron chi connectivity index (χ1n) is 9.52. The number of carbonyl (C=O) groups is 2. The summed E-state index contributed by atoms with van der Waals surface area (Å²) in [7, 11) is 0. The van der Waals surface area contributed by atoms with Gasteiger partial charge in [-0.15, -0.1) is 5.10 Å². The predicted octanol–water partition coefficient (Wildman–Crippen LogP) is 2.87.